The number of ether oxygens (including phenoxy) is 1. The van der Waals surface area contributed by atoms with E-state index in [9.17, 15) is 9.59 Å². The quantitative estimate of drug-likeness (QED) is 0.819. The van der Waals surface area contributed by atoms with Gasteiger partial charge in [-0.2, -0.15) is 11.3 Å². The number of carbonyl (C=O) groups is 2. The molecule has 1 aliphatic rings. The van der Waals surface area contributed by atoms with Gasteiger partial charge in [0, 0.05) is 31.5 Å². The van der Waals surface area contributed by atoms with Gasteiger partial charge >= 0.3 is 6.09 Å². The van der Waals surface area contributed by atoms with Crippen molar-refractivity contribution in [2.45, 2.75) is 57.7 Å². The van der Waals surface area contributed by atoms with E-state index in [1.165, 1.54) is 0 Å². The molecular weight excluding hydrogens is 374 g/mol. The van der Waals surface area contributed by atoms with Gasteiger partial charge in [-0.25, -0.2) is 4.79 Å². The van der Waals surface area contributed by atoms with Gasteiger partial charge in [-0.15, -0.1) is 0 Å². The van der Waals surface area contributed by atoms with E-state index < -0.39 is 5.60 Å². The lowest BCUT2D eigenvalue weighted by Crippen LogP contribution is -2.47. The Balaban J connectivity index is 1.53. The van der Waals surface area contributed by atoms with Gasteiger partial charge in [-0.05, 0) is 68.1 Å². The average Bonchev–Trinajstić information content (AvgIpc) is 3.32. The van der Waals surface area contributed by atoms with Crippen LogP contribution in [-0.4, -0.2) is 46.2 Å². The maximum Gasteiger partial charge on any atom is 0.407 e. The third-order valence-electron chi connectivity index (χ3n) is 4.85. The van der Waals surface area contributed by atoms with Gasteiger partial charge in [0.25, 0.3) is 0 Å². The molecule has 1 N–H and O–H groups in total. The number of nitrogens with zero attached hydrogens (tertiary/aromatic N) is 2. The highest BCUT2D eigenvalue weighted by atomic mass is 32.1. The Morgan fingerprint density at radius 1 is 1.25 bits per heavy atom. The summed E-state index contributed by atoms with van der Waals surface area (Å²) in [5.74, 6) is 0.153. The molecule has 2 aromatic rings. The highest BCUT2D eigenvalue weighted by Crippen LogP contribution is 2.26. The number of rotatable bonds is 5. The number of thiophene rings is 1. The van der Waals surface area contributed by atoms with Crippen LogP contribution in [0.4, 0.5) is 4.79 Å². The lowest BCUT2D eigenvalue weighted by Gasteiger charge is -2.33. The molecule has 2 amide bonds. The van der Waals surface area contributed by atoms with E-state index in [0.29, 0.717) is 19.5 Å². The van der Waals surface area contributed by atoms with Crippen LogP contribution in [0.1, 0.15) is 51.6 Å². The van der Waals surface area contributed by atoms with Crippen LogP contribution in [0.15, 0.2) is 41.4 Å². The molecule has 0 saturated carbocycles. The molecule has 152 valence electrons. The summed E-state index contributed by atoms with van der Waals surface area (Å²) in [5.41, 5.74) is 0.659. The van der Waals surface area contributed by atoms with E-state index in [1.54, 1.807) is 11.3 Å². The van der Waals surface area contributed by atoms with E-state index in [1.807, 2.05) is 55.6 Å². The van der Waals surface area contributed by atoms with Gasteiger partial charge in [-0.3, -0.25) is 4.79 Å². The first-order valence-electron chi connectivity index (χ1n) is 9.73. The molecule has 1 fully saturated rings. The van der Waals surface area contributed by atoms with Crippen LogP contribution in [0.5, 0.6) is 0 Å². The largest absolute Gasteiger partial charge is 0.444 e. The monoisotopic (exact) mass is 403 g/mol. The van der Waals surface area contributed by atoms with Gasteiger partial charge in [0.2, 0.25) is 5.91 Å². The Morgan fingerprint density at radius 3 is 2.50 bits per heavy atom. The summed E-state index contributed by atoms with van der Waals surface area (Å²) in [6, 6.07) is 6.12. The van der Waals surface area contributed by atoms with Crippen LogP contribution in [0.3, 0.4) is 0 Å². The topological polar surface area (TPSA) is 63.6 Å². The summed E-state index contributed by atoms with van der Waals surface area (Å²) in [6.45, 7) is 6.86. The summed E-state index contributed by atoms with van der Waals surface area (Å²) in [4.78, 5) is 26.8. The van der Waals surface area contributed by atoms with Crippen molar-refractivity contribution in [3.05, 3.63) is 46.9 Å². The second kappa shape index (κ2) is 8.82. The molecule has 3 heterocycles. The predicted octanol–water partition coefficient (Wildman–Crippen LogP) is 4.04. The minimum absolute atomic E-state index is 0.0198. The number of hydrogen-bond acceptors (Lipinski definition) is 4. The van der Waals surface area contributed by atoms with Gasteiger partial charge < -0.3 is 19.5 Å². The van der Waals surface area contributed by atoms with Gasteiger partial charge in [0.05, 0.1) is 12.5 Å². The number of amides is 2. The summed E-state index contributed by atoms with van der Waals surface area (Å²) >= 11 is 1.65. The molecule has 0 spiro atoms. The summed E-state index contributed by atoms with van der Waals surface area (Å²) in [5, 5.41) is 7.07. The number of carbonyl (C=O) groups excluding carboxylic acids is 2. The predicted molar refractivity (Wildman–Crippen MR) is 110 cm³/mol. The summed E-state index contributed by atoms with van der Waals surface area (Å²) in [6.07, 6.45) is 5.56. The average molecular weight is 404 g/mol. The van der Waals surface area contributed by atoms with Gasteiger partial charge in [0.15, 0.2) is 0 Å². The number of nitrogens with one attached hydrogen (secondary N) is 1. The first-order chi connectivity index (χ1) is 13.3. The van der Waals surface area contributed by atoms with E-state index in [2.05, 4.69) is 21.3 Å². The van der Waals surface area contributed by atoms with Crippen LogP contribution in [-0.2, 0) is 9.53 Å². The Morgan fingerprint density at radius 2 is 1.93 bits per heavy atom. The molecular formula is C21H29N3O3S. The molecule has 0 aromatic carbocycles. The SMILES string of the molecule is CC(C)(C)OC(=O)NC1CCN(C(=O)CC(c2ccsc2)n2cccc2)CC1. The molecule has 0 radical (unpaired) electrons. The van der Waals surface area contributed by atoms with Crippen molar-refractivity contribution in [3.8, 4) is 0 Å². The number of likely N-dealkylation sites (tertiary alicyclic amines) is 1. The fourth-order valence-corrected chi connectivity index (χ4v) is 4.16. The van der Waals surface area contributed by atoms with Crippen molar-refractivity contribution >= 4 is 23.3 Å². The Bertz CT molecular complexity index is 723. The molecule has 7 heteroatoms. The van der Waals surface area contributed by atoms with Crippen molar-refractivity contribution in [1.29, 1.82) is 0 Å². The van der Waals surface area contributed by atoms with Gasteiger partial charge in [-0.1, -0.05) is 0 Å². The lowest BCUT2D eigenvalue weighted by molar-refractivity contribution is -0.132. The number of alkyl carbamates (subject to hydrolysis) is 1. The van der Waals surface area contributed by atoms with Crippen molar-refractivity contribution in [1.82, 2.24) is 14.8 Å². The standard InChI is InChI=1S/C21H29N3O3S/c1-21(2,3)27-20(26)22-17-6-11-24(12-7-17)19(25)14-18(16-8-13-28-15-16)23-9-4-5-10-23/h4-5,8-10,13,15,17-18H,6-7,11-12,14H2,1-3H3,(H,22,26). The van der Waals surface area contributed by atoms with Crippen LogP contribution >= 0.6 is 11.3 Å². The van der Waals surface area contributed by atoms with Crippen molar-refractivity contribution in [2.24, 2.45) is 0 Å². The number of hydrogen-bond donors (Lipinski definition) is 1. The molecule has 1 unspecified atom stereocenters. The van der Waals surface area contributed by atoms with Crippen LogP contribution in [0, 0.1) is 0 Å². The van der Waals surface area contributed by atoms with E-state index in [-0.39, 0.29) is 24.1 Å². The highest BCUT2D eigenvalue weighted by molar-refractivity contribution is 7.08. The van der Waals surface area contributed by atoms with Crippen LogP contribution < -0.4 is 5.32 Å². The molecule has 2 aromatic heterocycles. The molecule has 6 nitrogen and oxygen atoms in total. The maximum absolute atomic E-state index is 12.9. The van der Waals surface area contributed by atoms with E-state index in [0.717, 1.165) is 18.4 Å². The van der Waals surface area contributed by atoms with Crippen LogP contribution in [0.2, 0.25) is 0 Å². The minimum atomic E-state index is -0.504. The molecule has 0 bridgehead atoms. The third-order valence-corrected chi connectivity index (χ3v) is 5.55. The normalized spacial score (nSPS) is 16.6. The number of piperidine rings is 1. The molecule has 0 aliphatic carbocycles. The molecule has 1 atom stereocenters. The zero-order chi connectivity index (χ0) is 20.1. The highest BCUT2D eigenvalue weighted by Gasteiger charge is 2.27. The molecule has 28 heavy (non-hydrogen) atoms. The molecule has 3 rings (SSSR count). The second-order valence-corrected chi connectivity index (χ2v) is 8.99. The summed E-state index contributed by atoms with van der Waals surface area (Å²) in [7, 11) is 0. The second-order valence-electron chi connectivity index (χ2n) is 8.21. The zero-order valence-electron chi connectivity index (χ0n) is 16.8. The first kappa shape index (κ1) is 20.5. The van der Waals surface area contributed by atoms with Crippen LogP contribution in [0.25, 0.3) is 0 Å². The van der Waals surface area contributed by atoms with E-state index >= 15 is 0 Å². The third kappa shape index (κ3) is 5.61. The lowest BCUT2D eigenvalue weighted by atomic mass is 10.0. The van der Waals surface area contributed by atoms with Crippen molar-refractivity contribution in [2.75, 3.05) is 13.1 Å². The first-order valence-corrected chi connectivity index (χ1v) is 10.7. The van der Waals surface area contributed by atoms with Gasteiger partial charge in [0.1, 0.15) is 5.60 Å². The van der Waals surface area contributed by atoms with Crippen molar-refractivity contribution < 1.29 is 14.3 Å². The minimum Gasteiger partial charge on any atom is -0.444 e. The Labute approximate surface area is 170 Å². The number of aromatic nitrogens is 1. The maximum atomic E-state index is 12.9. The van der Waals surface area contributed by atoms with Crippen molar-refractivity contribution in [3.63, 3.8) is 0 Å². The zero-order valence-corrected chi connectivity index (χ0v) is 17.6. The fourth-order valence-electron chi connectivity index (χ4n) is 3.46. The molecule has 1 aliphatic heterocycles. The summed E-state index contributed by atoms with van der Waals surface area (Å²) < 4.78 is 7.41. The Hall–Kier alpha value is -2.28. The molecule has 1 saturated heterocycles. The Kier molecular flexibility index (Phi) is 6.44. The smallest absolute Gasteiger partial charge is 0.407 e. The van der Waals surface area contributed by atoms with E-state index in [4.69, 9.17) is 4.74 Å². The fraction of sp³-hybridized carbons (Fsp3) is 0.524.